The lowest BCUT2D eigenvalue weighted by atomic mass is 10.0. The number of anilines is 1. The van der Waals surface area contributed by atoms with Gasteiger partial charge in [0.2, 0.25) is 0 Å². The second-order valence-electron chi connectivity index (χ2n) is 3.93. The van der Waals surface area contributed by atoms with Crippen LogP contribution in [0.25, 0.3) is 0 Å². The van der Waals surface area contributed by atoms with Crippen molar-refractivity contribution in [3.05, 3.63) is 29.6 Å². The van der Waals surface area contributed by atoms with E-state index < -0.39 is 0 Å². The Labute approximate surface area is 90.9 Å². The number of nitrogens with two attached hydrogens (primary N) is 1. The zero-order valence-corrected chi connectivity index (χ0v) is 9.63. The topological polar surface area (TPSA) is 29.3 Å². The molecule has 0 aliphatic heterocycles. The third-order valence-corrected chi connectivity index (χ3v) is 2.51. The summed E-state index contributed by atoms with van der Waals surface area (Å²) in [6, 6.07) is 5.14. The van der Waals surface area contributed by atoms with Crippen LogP contribution in [-0.2, 0) is 6.42 Å². The van der Waals surface area contributed by atoms with Gasteiger partial charge in [0.1, 0.15) is 5.82 Å². The van der Waals surface area contributed by atoms with Crippen LogP contribution in [0, 0.1) is 5.82 Å². The van der Waals surface area contributed by atoms with Crippen molar-refractivity contribution >= 4 is 5.69 Å². The van der Waals surface area contributed by atoms with E-state index in [1.54, 1.807) is 6.07 Å². The molecule has 0 saturated carbocycles. The van der Waals surface area contributed by atoms with E-state index in [4.69, 9.17) is 5.73 Å². The van der Waals surface area contributed by atoms with E-state index in [0.29, 0.717) is 6.42 Å². The third-order valence-electron chi connectivity index (χ3n) is 2.51. The number of halogens is 1. The van der Waals surface area contributed by atoms with Crippen molar-refractivity contribution in [2.75, 3.05) is 18.5 Å². The summed E-state index contributed by atoms with van der Waals surface area (Å²) in [5, 5.41) is 0. The van der Waals surface area contributed by atoms with Gasteiger partial charge in [-0.2, -0.15) is 0 Å². The van der Waals surface area contributed by atoms with Crippen molar-refractivity contribution in [1.29, 1.82) is 0 Å². The molecular formula is C12H19FN2. The number of hydrogen-bond acceptors (Lipinski definition) is 2. The number of rotatable bonds is 4. The second-order valence-corrected chi connectivity index (χ2v) is 3.93. The lowest BCUT2D eigenvalue weighted by Crippen LogP contribution is -2.23. The number of hydrogen-bond donors (Lipinski definition) is 1. The molecule has 0 aliphatic rings. The van der Waals surface area contributed by atoms with Gasteiger partial charge in [-0.05, 0) is 32.4 Å². The molecule has 1 unspecified atom stereocenters. The van der Waals surface area contributed by atoms with E-state index in [2.05, 4.69) is 0 Å². The molecule has 0 heterocycles. The van der Waals surface area contributed by atoms with Gasteiger partial charge in [0.05, 0.1) is 0 Å². The molecule has 15 heavy (non-hydrogen) atoms. The van der Waals surface area contributed by atoms with Gasteiger partial charge in [-0.15, -0.1) is 0 Å². The minimum atomic E-state index is -0.162. The maximum Gasteiger partial charge on any atom is 0.128 e. The summed E-state index contributed by atoms with van der Waals surface area (Å²) in [5.74, 6) is -0.162. The lowest BCUT2D eigenvalue weighted by molar-refractivity contribution is 0.595. The molecular weight excluding hydrogens is 191 g/mol. The monoisotopic (exact) mass is 210 g/mol. The maximum atomic E-state index is 13.6. The van der Waals surface area contributed by atoms with Crippen molar-refractivity contribution in [2.24, 2.45) is 5.73 Å². The van der Waals surface area contributed by atoms with Crippen LogP contribution in [-0.4, -0.2) is 19.6 Å². The normalized spacial score (nSPS) is 12.6. The van der Waals surface area contributed by atoms with Crippen molar-refractivity contribution in [1.82, 2.24) is 0 Å². The smallest absolute Gasteiger partial charge is 0.128 e. The third kappa shape index (κ3) is 2.93. The molecule has 0 aliphatic carbocycles. The lowest BCUT2D eigenvalue weighted by Gasteiger charge is -2.21. The highest BCUT2D eigenvalue weighted by atomic mass is 19.1. The Morgan fingerprint density at radius 1 is 1.47 bits per heavy atom. The molecule has 1 aromatic rings. The minimum Gasteiger partial charge on any atom is -0.375 e. The van der Waals surface area contributed by atoms with Gasteiger partial charge in [-0.1, -0.05) is 6.07 Å². The molecule has 0 radical (unpaired) electrons. The predicted molar refractivity (Wildman–Crippen MR) is 62.7 cm³/mol. The van der Waals surface area contributed by atoms with E-state index in [9.17, 15) is 4.39 Å². The Morgan fingerprint density at radius 3 is 2.67 bits per heavy atom. The predicted octanol–water partition coefficient (Wildman–Crippen LogP) is 2.17. The molecule has 2 nitrogen and oxygen atoms in total. The highest BCUT2D eigenvalue weighted by Gasteiger charge is 2.12. The molecule has 1 atom stereocenters. The fraction of sp³-hybridized carbons (Fsp3) is 0.500. The zero-order chi connectivity index (χ0) is 11.4. The Kier molecular flexibility index (Phi) is 4.09. The van der Waals surface area contributed by atoms with Crippen molar-refractivity contribution < 1.29 is 4.39 Å². The quantitative estimate of drug-likeness (QED) is 0.825. The van der Waals surface area contributed by atoms with Crippen LogP contribution in [0.1, 0.15) is 19.4 Å². The van der Waals surface area contributed by atoms with Gasteiger partial charge in [-0.25, -0.2) is 4.39 Å². The van der Waals surface area contributed by atoms with Gasteiger partial charge in [0.25, 0.3) is 0 Å². The molecule has 0 spiro atoms. The van der Waals surface area contributed by atoms with Crippen LogP contribution in [0.5, 0.6) is 0 Å². The Bertz CT molecular complexity index is 323. The van der Waals surface area contributed by atoms with Gasteiger partial charge in [0, 0.05) is 30.9 Å². The Morgan fingerprint density at radius 2 is 2.13 bits per heavy atom. The summed E-state index contributed by atoms with van der Waals surface area (Å²) in [4.78, 5) is 2.03. The van der Waals surface area contributed by atoms with Gasteiger partial charge < -0.3 is 10.6 Å². The van der Waals surface area contributed by atoms with E-state index in [1.165, 1.54) is 6.07 Å². The maximum absolute atomic E-state index is 13.6. The van der Waals surface area contributed by atoms with E-state index in [1.807, 2.05) is 31.9 Å². The van der Waals surface area contributed by atoms with E-state index >= 15 is 0 Å². The second kappa shape index (κ2) is 5.12. The van der Waals surface area contributed by atoms with Crippen molar-refractivity contribution in [3.8, 4) is 0 Å². The van der Waals surface area contributed by atoms with Gasteiger partial charge in [0.15, 0.2) is 0 Å². The van der Waals surface area contributed by atoms with E-state index in [-0.39, 0.29) is 11.9 Å². The summed E-state index contributed by atoms with van der Waals surface area (Å²) in [6.07, 6.45) is 0.576. The highest BCUT2D eigenvalue weighted by molar-refractivity contribution is 5.53. The van der Waals surface area contributed by atoms with E-state index in [0.717, 1.165) is 17.8 Å². The SMILES string of the molecule is CCN(C)c1cccc(F)c1CC(C)N. The molecule has 0 saturated heterocycles. The first kappa shape index (κ1) is 12.0. The number of nitrogens with zero attached hydrogens (tertiary/aromatic N) is 1. The largest absolute Gasteiger partial charge is 0.375 e. The van der Waals surface area contributed by atoms with Crippen LogP contribution >= 0.6 is 0 Å². The summed E-state index contributed by atoms with van der Waals surface area (Å²) < 4.78 is 13.6. The van der Waals surface area contributed by atoms with Crippen LogP contribution in [0.15, 0.2) is 18.2 Å². The molecule has 1 aromatic carbocycles. The van der Waals surface area contributed by atoms with Gasteiger partial charge >= 0.3 is 0 Å². The summed E-state index contributed by atoms with van der Waals surface area (Å²) in [5.41, 5.74) is 7.38. The fourth-order valence-corrected chi connectivity index (χ4v) is 1.60. The molecule has 0 bridgehead atoms. The first-order chi connectivity index (χ1) is 7.06. The highest BCUT2D eigenvalue weighted by Crippen LogP contribution is 2.23. The first-order valence-corrected chi connectivity index (χ1v) is 5.30. The first-order valence-electron chi connectivity index (χ1n) is 5.30. The fourth-order valence-electron chi connectivity index (χ4n) is 1.60. The molecule has 1 rings (SSSR count). The summed E-state index contributed by atoms with van der Waals surface area (Å²) in [7, 11) is 1.96. The Hall–Kier alpha value is -1.09. The molecule has 0 aromatic heterocycles. The minimum absolute atomic E-state index is 0.0223. The zero-order valence-electron chi connectivity index (χ0n) is 9.63. The van der Waals surface area contributed by atoms with Crippen LogP contribution in [0.4, 0.5) is 10.1 Å². The van der Waals surface area contributed by atoms with Crippen LogP contribution < -0.4 is 10.6 Å². The standard InChI is InChI=1S/C12H19FN2/c1-4-15(3)12-7-5-6-11(13)10(12)8-9(2)14/h5-7,9H,4,8,14H2,1-3H3. The van der Waals surface area contributed by atoms with Crippen molar-refractivity contribution in [2.45, 2.75) is 26.3 Å². The van der Waals surface area contributed by atoms with Crippen molar-refractivity contribution in [3.63, 3.8) is 0 Å². The van der Waals surface area contributed by atoms with Crippen LogP contribution in [0.3, 0.4) is 0 Å². The molecule has 2 N–H and O–H groups in total. The molecule has 3 heteroatoms. The number of benzene rings is 1. The van der Waals surface area contributed by atoms with Crippen LogP contribution in [0.2, 0.25) is 0 Å². The molecule has 84 valence electrons. The average Bonchev–Trinajstić information content (AvgIpc) is 2.19. The Balaban J connectivity index is 3.08. The summed E-state index contributed by atoms with van der Waals surface area (Å²) >= 11 is 0. The average molecular weight is 210 g/mol. The molecule has 0 amide bonds. The summed E-state index contributed by atoms with van der Waals surface area (Å²) in [6.45, 7) is 4.79. The van der Waals surface area contributed by atoms with Gasteiger partial charge in [-0.3, -0.25) is 0 Å². The molecule has 0 fully saturated rings.